The fourth-order valence-corrected chi connectivity index (χ4v) is 6.28. The molecule has 1 fully saturated rings. The van der Waals surface area contributed by atoms with E-state index in [1.54, 1.807) is 0 Å². The molecule has 14 heteroatoms. The minimum Gasteiger partial charge on any atom is -0.369 e. The quantitative estimate of drug-likeness (QED) is 0.368. The van der Waals surface area contributed by atoms with Gasteiger partial charge < -0.3 is 16.8 Å². The Bertz CT molecular complexity index is 1380. The van der Waals surface area contributed by atoms with Crippen molar-refractivity contribution >= 4 is 44.9 Å². The zero-order chi connectivity index (χ0) is 26.3. The summed E-state index contributed by atoms with van der Waals surface area (Å²) in [5.74, 6) is -1.77. The summed E-state index contributed by atoms with van der Waals surface area (Å²) in [5.41, 5.74) is 10.5. The highest BCUT2D eigenvalue weighted by molar-refractivity contribution is 7.91. The maximum absolute atomic E-state index is 14.0. The number of carbonyl (C=O) groups is 1. The highest BCUT2D eigenvalue weighted by atomic mass is 35.5. The number of halogens is 4. The maximum Gasteiger partial charge on any atom is 0.417 e. The molecule has 192 valence electrons. The molecule has 0 spiro atoms. The van der Waals surface area contributed by atoms with Gasteiger partial charge in [-0.25, -0.2) is 13.5 Å². The van der Waals surface area contributed by atoms with E-state index >= 15 is 0 Å². The predicted octanol–water partition coefficient (Wildman–Crippen LogP) is 3.86. The fraction of sp³-hybridized carbons (Fsp3) is 0.318. The number of primary amides is 1. The fourth-order valence-electron chi connectivity index (χ4n) is 4.42. The molecule has 1 aromatic heterocycles. The molecule has 0 bridgehead atoms. The Morgan fingerprint density at radius 3 is 2.33 bits per heavy atom. The first-order chi connectivity index (χ1) is 16.8. The van der Waals surface area contributed by atoms with Gasteiger partial charge >= 0.3 is 6.18 Å². The van der Waals surface area contributed by atoms with E-state index < -0.39 is 33.4 Å². The van der Waals surface area contributed by atoms with Crippen molar-refractivity contribution in [2.75, 3.05) is 22.6 Å². The Labute approximate surface area is 209 Å². The standard InChI is InChI=1S/C22H22ClF3N6O3S/c23-16-10-14(29-21-30-20(28)31-32-21)9-15(22(24,25)26)18(16)12-3-1-11(2-4-12)17(19(27)33)13-5-7-36(34,35)8-6-13/h1-4,9-10,13,17H,5-8H2,(H2,27,33)(H4,28,29,30,31,32). The van der Waals surface area contributed by atoms with E-state index in [9.17, 15) is 26.4 Å². The molecule has 36 heavy (non-hydrogen) atoms. The molecule has 1 amide bonds. The number of nitrogens with zero attached hydrogens (tertiary/aromatic N) is 2. The molecular weight excluding hydrogens is 521 g/mol. The van der Waals surface area contributed by atoms with Gasteiger partial charge in [-0.1, -0.05) is 35.9 Å². The maximum atomic E-state index is 14.0. The second-order valence-corrected chi connectivity index (χ2v) is 11.2. The van der Waals surface area contributed by atoms with Crippen LogP contribution in [0.3, 0.4) is 0 Å². The number of rotatable bonds is 6. The number of nitrogens with two attached hydrogens (primary N) is 2. The van der Waals surface area contributed by atoms with Gasteiger partial charge in [-0.2, -0.15) is 18.2 Å². The summed E-state index contributed by atoms with van der Waals surface area (Å²) in [6, 6.07) is 8.10. The summed E-state index contributed by atoms with van der Waals surface area (Å²) in [4.78, 5) is 16.0. The van der Waals surface area contributed by atoms with Crippen LogP contribution in [0, 0.1) is 5.92 Å². The highest BCUT2D eigenvalue weighted by Crippen LogP contribution is 2.44. The van der Waals surface area contributed by atoms with Crippen molar-refractivity contribution in [3.05, 3.63) is 52.5 Å². The number of benzene rings is 2. The lowest BCUT2D eigenvalue weighted by Crippen LogP contribution is -2.33. The van der Waals surface area contributed by atoms with Crippen LogP contribution in [0.1, 0.15) is 29.9 Å². The number of nitrogens with one attached hydrogen (secondary N) is 2. The first kappa shape index (κ1) is 25.8. The van der Waals surface area contributed by atoms with E-state index in [0.717, 1.165) is 6.07 Å². The van der Waals surface area contributed by atoms with Gasteiger partial charge in [0.2, 0.25) is 17.8 Å². The summed E-state index contributed by atoms with van der Waals surface area (Å²) in [6.07, 6.45) is -4.17. The second kappa shape index (κ2) is 9.62. The number of anilines is 3. The van der Waals surface area contributed by atoms with Crippen LogP contribution in [0.2, 0.25) is 5.02 Å². The largest absolute Gasteiger partial charge is 0.417 e. The van der Waals surface area contributed by atoms with Gasteiger partial charge in [0.05, 0.1) is 28.0 Å². The average molecular weight is 543 g/mol. The lowest BCUT2D eigenvalue weighted by Gasteiger charge is -2.28. The molecule has 1 saturated heterocycles. The van der Waals surface area contributed by atoms with E-state index in [-0.39, 0.29) is 64.0 Å². The van der Waals surface area contributed by atoms with Gasteiger partial charge in [-0.05, 0) is 42.0 Å². The molecule has 0 radical (unpaired) electrons. The van der Waals surface area contributed by atoms with Crippen molar-refractivity contribution in [3.8, 4) is 11.1 Å². The summed E-state index contributed by atoms with van der Waals surface area (Å²) < 4.78 is 65.5. The van der Waals surface area contributed by atoms with Crippen molar-refractivity contribution in [3.63, 3.8) is 0 Å². The molecular formula is C22H22ClF3N6O3S. The van der Waals surface area contributed by atoms with Crippen molar-refractivity contribution in [2.45, 2.75) is 24.9 Å². The zero-order valence-corrected chi connectivity index (χ0v) is 20.2. The Kier molecular flexibility index (Phi) is 6.88. The van der Waals surface area contributed by atoms with Crippen molar-refractivity contribution in [1.82, 2.24) is 15.2 Å². The molecule has 6 N–H and O–H groups in total. The van der Waals surface area contributed by atoms with Gasteiger partial charge in [-0.15, -0.1) is 5.10 Å². The molecule has 9 nitrogen and oxygen atoms in total. The third-order valence-electron chi connectivity index (χ3n) is 6.09. The number of sulfone groups is 1. The van der Waals surface area contributed by atoms with Gasteiger partial charge in [0.1, 0.15) is 9.84 Å². The normalized spacial score (nSPS) is 17.0. The van der Waals surface area contributed by atoms with Crippen LogP contribution in [-0.4, -0.2) is 41.0 Å². The van der Waals surface area contributed by atoms with Crippen LogP contribution >= 0.6 is 11.6 Å². The Balaban J connectivity index is 1.67. The third kappa shape index (κ3) is 5.57. The first-order valence-electron chi connectivity index (χ1n) is 10.8. The number of hydrogen-bond donors (Lipinski definition) is 4. The summed E-state index contributed by atoms with van der Waals surface area (Å²) in [6.45, 7) is 0. The van der Waals surface area contributed by atoms with Crippen LogP contribution in [0.25, 0.3) is 11.1 Å². The van der Waals surface area contributed by atoms with Gasteiger partial charge in [-0.3, -0.25) is 4.79 Å². The topological polar surface area (TPSA) is 157 Å². The average Bonchev–Trinajstić information content (AvgIpc) is 3.19. The molecule has 1 aliphatic heterocycles. The number of H-pyrrole nitrogens is 1. The molecule has 2 heterocycles. The number of carbonyl (C=O) groups excluding carboxylic acids is 1. The van der Waals surface area contributed by atoms with E-state index in [4.69, 9.17) is 23.1 Å². The van der Waals surface area contributed by atoms with Gasteiger partial charge in [0.25, 0.3) is 0 Å². The molecule has 0 aliphatic carbocycles. The van der Waals surface area contributed by atoms with Crippen molar-refractivity contribution in [1.29, 1.82) is 0 Å². The van der Waals surface area contributed by atoms with E-state index in [0.29, 0.717) is 5.56 Å². The van der Waals surface area contributed by atoms with Crippen LogP contribution in [0.5, 0.6) is 0 Å². The summed E-state index contributed by atoms with van der Waals surface area (Å²) in [5, 5.41) is 8.55. The van der Waals surface area contributed by atoms with Gasteiger partial charge in [0, 0.05) is 11.3 Å². The molecule has 4 rings (SSSR count). The number of aromatic nitrogens is 3. The molecule has 0 saturated carbocycles. The SMILES string of the molecule is NC(=O)C(c1ccc(-c2c(Cl)cc(Nc3n[nH]c(N)n3)cc2C(F)(F)F)cc1)C1CCS(=O)(=O)CC1. The summed E-state index contributed by atoms with van der Waals surface area (Å²) >= 11 is 6.30. The summed E-state index contributed by atoms with van der Waals surface area (Å²) in [7, 11) is -3.14. The van der Waals surface area contributed by atoms with E-state index in [2.05, 4.69) is 20.5 Å². The van der Waals surface area contributed by atoms with Crippen LogP contribution in [0.15, 0.2) is 36.4 Å². The highest BCUT2D eigenvalue weighted by Gasteiger charge is 2.36. The second-order valence-electron chi connectivity index (χ2n) is 8.54. The van der Waals surface area contributed by atoms with Crippen molar-refractivity contribution in [2.24, 2.45) is 11.7 Å². The minimum absolute atomic E-state index is 0.00717. The molecule has 1 atom stereocenters. The van der Waals surface area contributed by atoms with E-state index in [1.165, 1.54) is 30.3 Å². The first-order valence-corrected chi connectivity index (χ1v) is 13.0. The van der Waals surface area contributed by atoms with Crippen LogP contribution < -0.4 is 16.8 Å². The van der Waals surface area contributed by atoms with Gasteiger partial charge in [0.15, 0.2) is 0 Å². The number of aromatic amines is 1. The monoisotopic (exact) mass is 542 g/mol. The predicted molar refractivity (Wildman–Crippen MR) is 129 cm³/mol. The third-order valence-corrected chi connectivity index (χ3v) is 8.10. The Hall–Kier alpha value is -3.32. The van der Waals surface area contributed by atoms with E-state index in [1.807, 2.05) is 0 Å². The van der Waals surface area contributed by atoms with Crippen LogP contribution in [0.4, 0.5) is 30.8 Å². The number of hydrogen-bond acceptors (Lipinski definition) is 7. The van der Waals surface area contributed by atoms with Crippen LogP contribution in [-0.2, 0) is 20.8 Å². The minimum atomic E-state index is -4.74. The smallest absolute Gasteiger partial charge is 0.369 e. The number of alkyl halides is 3. The lowest BCUT2D eigenvalue weighted by atomic mass is 9.81. The molecule has 3 aromatic rings. The lowest BCUT2D eigenvalue weighted by molar-refractivity contribution is -0.137. The Morgan fingerprint density at radius 1 is 1.17 bits per heavy atom. The zero-order valence-electron chi connectivity index (χ0n) is 18.6. The Morgan fingerprint density at radius 2 is 1.81 bits per heavy atom. The number of amides is 1. The van der Waals surface area contributed by atoms with Crippen molar-refractivity contribution < 1.29 is 26.4 Å². The molecule has 1 aliphatic rings. The molecule has 1 unspecified atom stereocenters. The molecule has 2 aromatic carbocycles. The number of nitrogen functional groups attached to an aromatic ring is 1.